The van der Waals surface area contributed by atoms with E-state index in [9.17, 15) is 45.6 Å². The quantitative estimate of drug-likeness (QED) is 0.0204. The van der Waals surface area contributed by atoms with Gasteiger partial charge in [-0.2, -0.15) is 0 Å². The first kappa shape index (κ1) is 86.7. The average molecular weight is 1320 g/mol. The molecular formula is C80H139NO13. The summed E-state index contributed by atoms with van der Waals surface area (Å²) >= 11 is 0. The van der Waals surface area contributed by atoms with E-state index in [0.717, 1.165) is 109 Å². The van der Waals surface area contributed by atoms with Gasteiger partial charge in [-0.05, 0) is 83.5 Å². The van der Waals surface area contributed by atoms with Crippen LogP contribution in [0.2, 0.25) is 0 Å². The molecule has 12 unspecified atom stereocenters. The molecule has 542 valence electrons. The zero-order chi connectivity index (χ0) is 68.0. The van der Waals surface area contributed by atoms with E-state index in [0.29, 0.717) is 6.42 Å². The van der Waals surface area contributed by atoms with Crippen LogP contribution in [-0.2, 0) is 23.7 Å². The van der Waals surface area contributed by atoms with Crippen molar-refractivity contribution in [3.63, 3.8) is 0 Å². The fourth-order valence-corrected chi connectivity index (χ4v) is 12.0. The highest BCUT2D eigenvalue weighted by Gasteiger charge is 2.51. The predicted octanol–water partition coefficient (Wildman–Crippen LogP) is 16.7. The molecule has 12 atom stereocenters. The van der Waals surface area contributed by atoms with Gasteiger partial charge in [0.25, 0.3) is 0 Å². The lowest BCUT2D eigenvalue weighted by atomic mass is 9.97. The highest BCUT2D eigenvalue weighted by Crippen LogP contribution is 2.30. The van der Waals surface area contributed by atoms with E-state index < -0.39 is 86.8 Å². The second-order valence-corrected chi connectivity index (χ2v) is 26.4. The lowest BCUT2D eigenvalue weighted by Crippen LogP contribution is -2.65. The molecule has 2 saturated heterocycles. The van der Waals surface area contributed by atoms with Crippen molar-refractivity contribution in [3.8, 4) is 0 Å². The van der Waals surface area contributed by atoms with Crippen molar-refractivity contribution in [1.82, 2.24) is 5.32 Å². The van der Waals surface area contributed by atoms with Gasteiger partial charge in [0.1, 0.15) is 48.8 Å². The van der Waals surface area contributed by atoms with Crippen molar-refractivity contribution < 1.29 is 64.6 Å². The number of carbonyl (C=O) groups is 1. The molecule has 2 aliphatic heterocycles. The monoisotopic (exact) mass is 1320 g/mol. The van der Waals surface area contributed by atoms with Crippen LogP contribution in [-0.4, -0.2) is 140 Å². The van der Waals surface area contributed by atoms with Crippen LogP contribution in [0.25, 0.3) is 0 Å². The Bertz CT molecular complexity index is 2000. The molecule has 0 spiro atoms. The minimum Gasteiger partial charge on any atom is -0.394 e. The van der Waals surface area contributed by atoms with E-state index in [-0.39, 0.29) is 18.9 Å². The van der Waals surface area contributed by atoms with Gasteiger partial charge in [-0.1, -0.05) is 316 Å². The average Bonchev–Trinajstić information content (AvgIpc) is 0.794. The Labute approximate surface area is 572 Å². The molecule has 0 radical (unpaired) electrons. The van der Waals surface area contributed by atoms with E-state index in [2.05, 4.69) is 116 Å². The van der Waals surface area contributed by atoms with Gasteiger partial charge in [0.05, 0.1) is 32.0 Å². The van der Waals surface area contributed by atoms with E-state index in [1.54, 1.807) is 6.08 Å². The molecule has 0 aromatic heterocycles. The number of rotatable bonds is 62. The maximum Gasteiger partial charge on any atom is 0.220 e. The van der Waals surface area contributed by atoms with Crippen molar-refractivity contribution in [2.45, 2.75) is 370 Å². The Balaban J connectivity index is 1.67. The highest BCUT2D eigenvalue weighted by molar-refractivity contribution is 5.76. The lowest BCUT2D eigenvalue weighted by Gasteiger charge is -2.46. The third-order valence-electron chi connectivity index (χ3n) is 18.0. The molecular weight excluding hydrogens is 1180 g/mol. The second-order valence-electron chi connectivity index (χ2n) is 26.4. The summed E-state index contributed by atoms with van der Waals surface area (Å²) in [6.45, 7) is 2.70. The number of carbonyl (C=O) groups excluding carboxylic acids is 1. The maximum absolute atomic E-state index is 13.4. The Morgan fingerprint density at radius 2 is 0.734 bits per heavy atom. The number of aliphatic hydroxyl groups is 8. The fraction of sp³-hybridized carbons (Fsp3) is 0.762. The minimum atomic E-state index is -1.80. The van der Waals surface area contributed by atoms with Crippen LogP contribution in [0.5, 0.6) is 0 Å². The molecule has 94 heavy (non-hydrogen) atoms. The van der Waals surface area contributed by atoms with E-state index in [1.165, 1.54) is 161 Å². The normalized spacial score (nSPS) is 23.1. The van der Waals surface area contributed by atoms with Gasteiger partial charge in [0, 0.05) is 6.42 Å². The van der Waals surface area contributed by atoms with Gasteiger partial charge in [-0.3, -0.25) is 4.79 Å². The molecule has 14 heteroatoms. The van der Waals surface area contributed by atoms with Gasteiger partial charge in [0.15, 0.2) is 12.6 Å². The van der Waals surface area contributed by atoms with Crippen molar-refractivity contribution in [3.05, 3.63) is 109 Å². The maximum atomic E-state index is 13.4. The molecule has 0 aliphatic carbocycles. The summed E-state index contributed by atoms with van der Waals surface area (Å²) in [5.74, 6) is -0.255. The molecule has 2 aliphatic rings. The number of hydrogen-bond acceptors (Lipinski definition) is 13. The van der Waals surface area contributed by atoms with Crippen LogP contribution < -0.4 is 5.32 Å². The number of aliphatic hydroxyl groups excluding tert-OH is 8. The molecule has 0 aromatic rings. The van der Waals surface area contributed by atoms with Crippen molar-refractivity contribution in [2.75, 3.05) is 19.8 Å². The summed E-state index contributed by atoms with van der Waals surface area (Å²) in [5.41, 5.74) is 0. The Morgan fingerprint density at radius 1 is 0.394 bits per heavy atom. The first-order chi connectivity index (χ1) is 46.1. The smallest absolute Gasteiger partial charge is 0.220 e. The fourth-order valence-electron chi connectivity index (χ4n) is 12.0. The first-order valence-electron chi connectivity index (χ1n) is 38.1. The Hall–Kier alpha value is -3.35. The number of allylic oxidation sites excluding steroid dienone is 17. The number of hydrogen-bond donors (Lipinski definition) is 9. The molecule has 1 amide bonds. The molecule has 9 N–H and O–H groups in total. The van der Waals surface area contributed by atoms with Gasteiger partial charge < -0.3 is 65.1 Å². The third kappa shape index (κ3) is 46.0. The van der Waals surface area contributed by atoms with Gasteiger partial charge >= 0.3 is 0 Å². The Kier molecular flexibility index (Phi) is 58.2. The minimum absolute atomic E-state index is 0.255. The molecule has 0 aromatic carbocycles. The Morgan fingerprint density at radius 3 is 1.13 bits per heavy atom. The van der Waals surface area contributed by atoms with Gasteiger partial charge in [0.2, 0.25) is 5.91 Å². The summed E-state index contributed by atoms with van der Waals surface area (Å²) in [6.07, 6.45) is 74.3. The summed E-state index contributed by atoms with van der Waals surface area (Å²) in [4.78, 5) is 13.4. The largest absolute Gasteiger partial charge is 0.394 e. The summed E-state index contributed by atoms with van der Waals surface area (Å²) in [5, 5.41) is 87.6. The standard InChI is InChI=1S/C80H139NO13/c1-3-5-7-9-11-13-15-17-19-21-23-25-27-29-31-33-34-36-38-40-42-44-46-48-50-52-54-56-58-60-62-64-72(85)81-68(67-91-79-77(90)75(88)78(71(66-83)93-79)94-80-76(89)74(87)73(86)70(65-82)92-80)69(84)63-61-59-57-55-53-51-49-47-45-43-41-39-37-35-32-30-28-26-24-22-20-18-16-14-12-10-8-6-4-2/h5,7,11,13,17,19,23,25,29,31,34,36,40,42,46,48,61,63,68-71,73-80,82-84,86-90H,3-4,6,8-10,12,14-16,18,20-22,24,26-28,30,32-33,35,37-39,41,43-45,47,49-60,62,64-67H2,1-2H3,(H,81,85)/b7-5-,13-11-,19-17-,25-23-,31-29-,36-34-,42-40-,48-46-,63-61+. The number of amides is 1. The van der Waals surface area contributed by atoms with Gasteiger partial charge in [-0.15, -0.1) is 0 Å². The number of unbranched alkanes of at least 4 members (excludes halogenated alkanes) is 33. The molecule has 0 saturated carbocycles. The van der Waals surface area contributed by atoms with E-state index in [1.807, 2.05) is 6.08 Å². The zero-order valence-corrected chi connectivity index (χ0v) is 59.2. The van der Waals surface area contributed by atoms with Crippen LogP contribution >= 0.6 is 0 Å². The molecule has 14 nitrogen and oxygen atoms in total. The lowest BCUT2D eigenvalue weighted by molar-refractivity contribution is -0.359. The number of nitrogens with one attached hydrogen (secondary N) is 1. The van der Waals surface area contributed by atoms with Crippen molar-refractivity contribution in [2.24, 2.45) is 0 Å². The SMILES string of the molecule is CC/C=C\C/C=C\C/C=C\C/C=C\C/C=C\C/C=C\C/C=C\C/C=C\CCCCCCCCC(=O)NC(COC1OC(CO)C(OC2OC(CO)C(O)C(O)C2O)C(O)C1O)C(O)/C=C/CCCCCCCCCCCCCCCCCCCCCCCCCCCCC. The van der Waals surface area contributed by atoms with Crippen LogP contribution in [0, 0.1) is 0 Å². The van der Waals surface area contributed by atoms with Crippen molar-refractivity contribution in [1.29, 1.82) is 0 Å². The van der Waals surface area contributed by atoms with Crippen LogP contribution in [0.3, 0.4) is 0 Å². The van der Waals surface area contributed by atoms with Crippen molar-refractivity contribution >= 4 is 5.91 Å². The molecule has 0 bridgehead atoms. The molecule has 2 heterocycles. The van der Waals surface area contributed by atoms with Crippen LogP contribution in [0.4, 0.5) is 0 Å². The molecule has 2 fully saturated rings. The highest BCUT2D eigenvalue weighted by atomic mass is 16.7. The van der Waals surface area contributed by atoms with Gasteiger partial charge in [-0.25, -0.2) is 0 Å². The summed E-state index contributed by atoms with van der Waals surface area (Å²) in [6, 6.07) is -0.933. The first-order valence-corrected chi connectivity index (χ1v) is 38.1. The van der Waals surface area contributed by atoms with Crippen LogP contribution in [0.15, 0.2) is 109 Å². The topological polar surface area (TPSA) is 228 Å². The van der Waals surface area contributed by atoms with E-state index in [4.69, 9.17) is 18.9 Å². The number of ether oxygens (including phenoxy) is 4. The third-order valence-corrected chi connectivity index (χ3v) is 18.0. The second kappa shape index (κ2) is 63.1. The van der Waals surface area contributed by atoms with Crippen LogP contribution in [0.1, 0.15) is 296 Å². The summed E-state index contributed by atoms with van der Waals surface area (Å²) < 4.78 is 22.9. The zero-order valence-electron chi connectivity index (χ0n) is 59.2. The summed E-state index contributed by atoms with van der Waals surface area (Å²) in [7, 11) is 0. The predicted molar refractivity (Wildman–Crippen MR) is 387 cm³/mol. The molecule has 2 rings (SSSR count). The van der Waals surface area contributed by atoms with E-state index >= 15 is 0 Å².